The van der Waals surface area contributed by atoms with E-state index in [4.69, 9.17) is 4.42 Å². The van der Waals surface area contributed by atoms with Crippen molar-refractivity contribution >= 4 is 22.3 Å². The van der Waals surface area contributed by atoms with Gasteiger partial charge in [0.2, 0.25) is 0 Å². The predicted octanol–water partition coefficient (Wildman–Crippen LogP) is 4.93. The Hall–Kier alpha value is -1.65. The van der Waals surface area contributed by atoms with Gasteiger partial charge in [-0.2, -0.15) is 0 Å². The highest BCUT2D eigenvalue weighted by Crippen LogP contribution is 2.37. The molecule has 0 aliphatic heterocycles. The van der Waals surface area contributed by atoms with Crippen LogP contribution in [0.4, 0.5) is 0 Å². The van der Waals surface area contributed by atoms with Gasteiger partial charge in [0, 0.05) is 22.5 Å². The number of hydrogen-bond donors (Lipinski definition) is 1. The van der Waals surface area contributed by atoms with E-state index in [-0.39, 0.29) is 0 Å². The van der Waals surface area contributed by atoms with Gasteiger partial charge in [-0.1, -0.05) is 25.1 Å². The van der Waals surface area contributed by atoms with Gasteiger partial charge >= 0.3 is 0 Å². The molecule has 0 fully saturated rings. The van der Waals surface area contributed by atoms with Gasteiger partial charge in [0.1, 0.15) is 16.4 Å². The van der Waals surface area contributed by atoms with Crippen molar-refractivity contribution in [3.8, 4) is 10.6 Å². The maximum atomic E-state index is 5.84. The van der Waals surface area contributed by atoms with E-state index in [9.17, 15) is 0 Å². The second-order valence-electron chi connectivity index (χ2n) is 5.27. The molecule has 1 aromatic carbocycles. The van der Waals surface area contributed by atoms with Crippen molar-refractivity contribution in [2.45, 2.75) is 33.2 Å². The highest BCUT2D eigenvalue weighted by molar-refractivity contribution is 7.15. The summed E-state index contributed by atoms with van der Waals surface area (Å²) in [6.45, 7) is 7.41. The highest BCUT2D eigenvalue weighted by atomic mass is 32.1. The van der Waals surface area contributed by atoms with Gasteiger partial charge in [0.05, 0.1) is 5.56 Å². The minimum Gasteiger partial charge on any atom is -0.461 e. The van der Waals surface area contributed by atoms with Crippen LogP contribution in [-0.4, -0.2) is 11.5 Å². The fourth-order valence-corrected chi connectivity index (χ4v) is 3.55. The summed E-state index contributed by atoms with van der Waals surface area (Å²) < 4.78 is 5.84. The van der Waals surface area contributed by atoms with E-state index >= 15 is 0 Å². The number of benzene rings is 1. The lowest BCUT2D eigenvalue weighted by Crippen LogP contribution is -2.18. The Labute approximate surface area is 129 Å². The molecule has 0 saturated carbocycles. The number of thiazole rings is 1. The molecule has 4 heteroatoms. The van der Waals surface area contributed by atoms with Gasteiger partial charge in [-0.05, 0) is 32.9 Å². The Morgan fingerprint density at radius 2 is 2.14 bits per heavy atom. The van der Waals surface area contributed by atoms with Crippen LogP contribution < -0.4 is 5.32 Å². The van der Waals surface area contributed by atoms with Gasteiger partial charge in [0.15, 0.2) is 0 Å². The monoisotopic (exact) mass is 300 g/mol. The van der Waals surface area contributed by atoms with Crippen LogP contribution in [0, 0.1) is 6.92 Å². The molecular formula is C17H20N2OS. The van der Waals surface area contributed by atoms with Crippen LogP contribution in [0.5, 0.6) is 0 Å². The van der Waals surface area contributed by atoms with E-state index in [0.29, 0.717) is 6.04 Å². The van der Waals surface area contributed by atoms with Gasteiger partial charge in [-0.3, -0.25) is 0 Å². The summed E-state index contributed by atoms with van der Waals surface area (Å²) in [5.74, 6) is 0.936. The number of para-hydroxylation sites is 1. The summed E-state index contributed by atoms with van der Waals surface area (Å²) in [5.41, 5.74) is 2.06. The first-order chi connectivity index (χ1) is 10.2. The molecule has 3 rings (SSSR count). The fourth-order valence-electron chi connectivity index (χ4n) is 2.50. The molecule has 3 aromatic rings. The lowest BCUT2D eigenvalue weighted by molar-refractivity contribution is 0.577. The summed E-state index contributed by atoms with van der Waals surface area (Å²) in [4.78, 5) is 5.88. The zero-order chi connectivity index (χ0) is 14.8. The Balaban J connectivity index is 1.96. The van der Waals surface area contributed by atoms with Gasteiger partial charge in [0.25, 0.3) is 0 Å². The molecule has 110 valence electrons. The normalized spacial score (nSPS) is 12.9. The first kappa shape index (κ1) is 14.3. The van der Waals surface area contributed by atoms with Crippen LogP contribution in [0.3, 0.4) is 0 Å². The molecule has 2 heterocycles. The zero-order valence-electron chi connectivity index (χ0n) is 12.6. The maximum absolute atomic E-state index is 5.84. The minimum absolute atomic E-state index is 0.342. The molecule has 0 radical (unpaired) electrons. The number of nitrogens with one attached hydrogen (secondary N) is 1. The second-order valence-corrected chi connectivity index (χ2v) is 6.34. The van der Waals surface area contributed by atoms with E-state index in [1.807, 2.05) is 31.3 Å². The molecule has 0 spiro atoms. The quantitative estimate of drug-likeness (QED) is 0.726. The Bertz CT molecular complexity index is 744. The van der Waals surface area contributed by atoms with E-state index in [0.717, 1.165) is 40.3 Å². The molecule has 0 saturated heterocycles. The largest absolute Gasteiger partial charge is 0.461 e. The van der Waals surface area contributed by atoms with Crippen molar-refractivity contribution in [1.82, 2.24) is 10.3 Å². The molecule has 0 aliphatic carbocycles. The van der Waals surface area contributed by atoms with Gasteiger partial charge in [-0.15, -0.1) is 11.3 Å². The third kappa shape index (κ3) is 2.74. The summed E-state index contributed by atoms with van der Waals surface area (Å²) in [6.07, 6.45) is 3.12. The van der Waals surface area contributed by atoms with E-state index < -0.39 is 0 Å². The number of fused-ring (bicyclic) bond motifs is 1. The Morgan fingerprint density at radius 1 is 1.33 bits per heavy atom. The van der Waals surface area contributed by atoms with Crippen molar-refractivity contribution in [3.05, 3.63) is 41.1 Å². The highest BCUT2D eigenvalue weighted by Gasteiger charge is 2.17. The number of nitrogens with zero attached hydrogens (tertiary/aromatic N) is 1. The first-order valence-electron chi connectivity index (χ1n) is 7.38. The average Bonchev–Trinajstić information content (AvgIpc) is 3.07. The van der Waals surface area contributed by atoms with Gasteiger partial charge < -0.3 is 9.73 Å². The number of aryl methyl sites for hydroxylation is 1. The topological polar surface area (TPSA) is 38.1 Å². The molecule has 1 atom stereocenters. The third-order valence-corrected chi connectivity index (χ3v) is 4.83. The van der Waals surface area contributed by atoms with Crippen molar-refractivity contribution < 1.29 is 4.42 Å². The summed E-state index contributed by atoms with van der Waals surface area (Å²) in [6, 6.07) is 8.49. The smallest absolute Gasteiger partial charge is 0.135 e. The van der Waals surface area contributed by atoms with Crippen LogP contribution >= 0.6 is 11.3 Å². The summed E-state index contributed by atoms with van der Waals surface area (Å²) in [7, 11) is 0. The standard InChI is InChI=1S/C17H20N2OS/c1-4-9-18-11(2)15-10-19-17(21-15)16-12(3)20-14-8-6-5-7-13(14)16/h5-8,10-11,18H,4,9H2,1-3H3. The van der Waals surface area contributed by atoms with Crippen molar-refractivity contribution in [2.24, 2.45) is 0 Å². The zero-order valence-corrected chi connectivity index (χ0v) is 13.5. The average molecular weight is 300 g/mol. The SMILES string of the molecule is CCCNC(C)c1cnc(-c2c(C)oc3ccccc23)s1. The molecule has 2 aromatic heterocycles. The third-order valence-electron chi connectivity index (χ3n) is 3.64. The summed E-state index contributed by atoms with van der Waals surface area (Å²) >= 11 is 1.74. The Kier molecular flexibility index (Phi) is 4.08. The van der Waals surface area contributed by atoms with Crippen molar-refractivity contribution in [2.75, 3.05) is 6.54 Å². The molecule has 0 amide bonds. The van der Waals surface area contributed by atoms with E-state index in [2.05, 4.69) is 30.2 Å². The van der Waals surface area contributed by atoms with Crippen LogP contribution in [0.2, 0.25) is 0 Å². The molecule has 0 aliphatic rings. The van der Waals surface area contributed by atoms with Gasteiger partial charge in [-0.25, -0.2) is 4.98 Å². The molecule has 1 N–H and O–H groups in total. The van der Waals surface area contributed by atoms with E-state index in [1.165, 1.54) is 4.88 Å². The number of furan rings is 1. The van der Waals surface area contributed by atoms with E-state index in [1.54, 1.807) is 11.3 Å². The van der Waals surface area contributed by atoms with Crippen LogP contribution in [0.1, 0.15) is 36.9 Å². The lowest BCUT2D eigenvalue weighted by Gasteiger charge is -2.09. The summed E-state index contributed by atoms with van der Waals surface area (Å²) in [5, 5.41) is 5.69. The molecule has 21 heavy (non-hydrogen) atoms. The first-order valence-corrected chi connectivity index (χ1v) is 8.20. The second kappa shape index (κ2) is 6.00. The number of rotatable bonds is 5. The molecule has 0 bridgehead atoms. The Morgan fingerprint density at radius 3 is 2.95 bits per heavy atom. The number of aromatic nitrogens is 1. The van der Waals surface area contributed by atoms with Crippen LogP contribution in [-0.2, 0) is 0 Å². The molecule has 1 unspecified atom stereocenters. The van der Waals surface area contributed by atoms with Crippen LogP contribution in [0.15, 0.2) is 34.9 Å². The van der Waals surface area contributed by atoms with Crippen molar-refractivity contribution in [1.29, 1.82) is 0 Å². The van der Waals surface area contributed by atoms with Crippen LogP contribution in [0.25, 0.3) is 21.5 Å². The number of hydrogen-bond acceptors (Lipinski definition) is 4. The predicted molar refractivity (Wildman–Crippen MR) is 88.8 cm³/mol. The minimum atomic E-state index is 0.342. The van der Waals surface area contributed by atoms with Crippen molar-refractivity contribution in [3.63, 3.8) is 0 Å². The maximum Gasteiger partial charge on any atom is 0.135 e. The molecular weight excluding hydrogens is 280 g/mol. The molecule has 3 nitrogen and oxygen atoms in total. The fraction of sp³-hybridized carbons (Fsp3) is 0.353. The lowest BCUT2D eigenvalue weighted by atomic mass is 10.1.